The molecule has 178 valence electrons. The van der Waals surface area contributed by atoms with Crippen LogP contribution in [0.15, 0.2) is 77.7 Å². The average molecular weight is 485 g/mol. The van der Waals surface area contributed by atoms with E-state index in [0.717, 1.165) is 55.5 Å². The van der Waals surface area contributed by atoms with Gasteiger partial charge in [0.15, 0.2) is 0 Å². The zero-order valence-corrected chi connectivity index (χ0v) is 21.3. The predicted octanol–water partition coefficient (Wildman–Crippen LogP) is 6.83. The van der Waals surface area contributed by atoms with E-state index < -0.39 is 10.0 Å². The Morgan fingerprint density at radius 3 is 2.20 bits per heavy atom. The second-order valence-electron chi connectivity index (χ2n) is 8.99. The largest absolute Gasteiger partial charge is 0.496 e. The molecular formula is C29H28N2O3S. The van der Waals surface area contributed by atoms with Gasteiger partial charge in [0.25, 0.3) is 10.0 Å². The van der Waals surface area contributed by atoms with Gasteiger partial charge in [-0.25, -0.2) is 8.42 Å². The molecule has 0 amide bonds. The maximum atomic E-state index is 13.5. The molecule has 0 bridgehead atoms. The fourth-order valence-corrected chi connectivity index (χ4v) is 6.04. The number of ether oxygens (including phenoxy) is 1. The first-order valence-corrected chi connectivity index (χ1v) is 13.0. The van der Waals surface area contributed by atoms with Crippen LogP contribution >= 0.6 is 0 Å². The van der Waals surface area contributed by atoms with Gasteiger partial charge in [-0.15, -0.1) is 0 Å². The normalized spacial score (nSPS) is 11.8. The predicted molar refractivity (Wildman–Crippen MR) is 144 cm³/mol. The first-order chi connectivity index (χ1) is 16.7. The van der Waals surface area contributed by atoms with Gasteiger partial charge < -0.3 is 9.30 Å². The fraction of sp³-hybridized carbons (Fsp3) is 0.172. The summed E-state index contributed by atoms with van der Waals surface area (Å²) in [4.78, 5) is 0.221. The standard InChI is InChI=1S/C29H28N2O3S/c1-18-13-15-22(16-14-18)35(32,33)30-25-17-20(3)29(34-5)21(4)28(25)31-26-12-7-6-10-23(26)24-11-8-9-19(2)27(24)31/h6-17,30H,1-5H3. The van der Waals surface area contributed by atoms with Gasteiger partial charge in [-0.1, -0.05) is 54.1 Å². The average Bonchev–Trinajstić information content (AvgIpc) is 3.15. The molecule has 1 aromatic heterocycles. The van der Waals surface area contributed by atoms with E-state index in [1.165, 1.54) is 0 Å². The van der Waals surface area contributed by atoms with E-state index in [0.29, 0.717) is 5.69 Å². The minimum absolute atomic E-state index is 0.221. The van der Waals surface area contributed by atoms with Crippen molar-refractivity contribution in [2.45, 2.75) is 32.6 Å². The second kappa shape index (κ2) is 8.47. The third kappa shape index (κ3) is 3.74. The van der Waals surface area contributed by atoms with Gasteiger partial charge in [0, 0.05) is 16.3 Å². The number of benzene rings is 4. The van der Waals surface area contributed by atoms with Gasteiger partial charge in [0.05, 0.1) is 34.4 Å². The zero-order chi connectivity index (χ0) is 24.9. The zero-order valence-electron chi connectivity index (χ0n) is 20.5. The van der Waals surface area contributed by atoms with Crippen molar-refractivity contribution in [3.05, 3.63) is 95.1 Å². The minimum Gasteiger partial charge on any atom is -0.496 e. The summed E-state index contributed by atoms with van der Waals surface area (Å²) in [5.41, 5.74) is 7.12. The number of sulfonamides is 1. The van der Waals surface area contributed by atoms with Gasteiger partial charge in [0.2, 0.25) is 0 Å². The number of hydrogen-bond acceptors (Lipinski definition) is 3. The topological polar surface area (TPSA) is 60.3 Å². The number of rotatable bonds is 5. The fourth-order valence-electron chi connectivity index (χ4n) is 4.98. The summed E-state index contributed by atoms with van der Waals surface area (Å²) < 4.78 is 37.7. The number of nitrogens with one attached hydrogen (secondary N) is 1. The Morgan fingerprint density at radius 2 is 1.49 bits per heavy atom. The molecule has 0 unspecified atom stereocenters. The Kier molecular flexibility index (Phi) is 5.56. The molecule has 5 nitrogen and oxygen atoms in total. The number of methoxy groups -OCH3 is 1. The summed E-state index contributed by atoms with van der Waals surface area (Å²) in [5, 5.41) is 2.23. The molecule has 5 rings (SSSR count). The molecule has 0 aliphatic rings. The van der Waals surface area contributed by atoms with Crippen LogP contribution in [0.5, 0.6) is 5.75 Å². The quantitative estimate of drug-likeness (QED) is 0.297. The van der Waals surface area contributed by atoms with Crippen molar-refractivity contribution in [1.82, 2.24) is 4.57 Å². The summed E-state index contributed by atoms with van der Waals surface area (Å²) >= 11 is 0. The van der Waals surface area contributed by atoms with Gasteiger partial charge in [0.1, 0.15) is 5.75 Å². The summed E-state index contributed by atoms with van der Waals surface area (Å²) in [6.45, 7) is 7.91. The molecule has 0 atom stereocenters. The van der Waals surface area contributed by atoms with E-state index in [1.807, 2.05) is 39.0 Å². The molecule has 0 aliphatic carbocycles. The summed E-state index contributed by atoms with van der Waals surface area (Å²) in [5.74, 6) is 0.734. The molecule has 0 radical (unpaired) electrons. The SMILES string of the molecule is COc1c(C)cc(NS(=O)(=O)c2ccc(C)cc2)c(-n2c3ccccc3c3cccc(C)c32)c1C. The summed E-state index contributed by atoms with van der Waals surface area (Å²) in [7, 11) is -2.17. The number of fused-ring (bicyclic) bond motifs is 3. The Balaban J connectivity index is 1.85. The van der Waals surface area contributed by atoms with E-state index in [1.54, 1.807) is 31.4 Å². The smallest absolute Gasteiger partial charge is 0.261 e. The molecule has 1 heterocycles. The minimum atomic E-state index is -3.82. The van der Waals surface area contributed by atoms with Crippen LogP contribution in [0.1, 0.15) is 22.3 Å². The van der Waals surface area contributed by atoms with E-state index in [9.17, 15) is 8.42 Å². The van der Waals surface area contributed by atoms with E-state index in [-0.39, 0.29) is 4.90 Å². The van der Waals surface area contributed by atoms with Crippen molar-refractivity contribution in [2.75, 3.05) is 11.8 Å². The van der Waals surface area contributed by atoms with Crippen molar-refractivity contribution >= 4 is 37.5 Å². The second-order valence-corrected chi connectivity index (χ2v) is 10.7. The molecule has 1 N–H and O–H groups in total. The third-order valence-electron chi connectivity index (χ3n) is 6.57. The monoisotopic (exact) mass is 484 g/mol. The van der Waals surface area contributed by atoms with E-state index >= 15 is 0 Å². The van der Waals surface area contributed by atoms with Gasteiger partial charge in [-0.2, -0.15) is 0 Å². The molecule has 0 saturated carbocycles. The van der Waals surface area contributed by atoms with Crippen molar-refractivity contribution in [2.24, 2.45) is 0 Å². The lowest BCUT2D eigenvalue weighted by molar-refractivity contribution is 0.408. The molecular weight excluding hydrogens is 456 g/mol. The maximum Gasteiger partial charge on any atom is 0.261 e. The Bertz CT molecular complexity index is 1700. The van der Waals surface area contributed by atoms with Gasteiger partial charge >= 0.3 is 0 Å². The lowest BCUT2D eigenvalue weighted by Crippen LogP contribution is -2.16. The van der Waals surface area contributed by atoms with Crippen LogP contribution < -0.4 is 9.46 Å². The lowest BCUT2D eigenvalue weighted by atomic mass is 10.1. The Morgan fingerprint density at radius 1 is 0.800 bits per heavy atom. The van der Waals surface area contributed by atoms with Crippen LogP contribution in [-0.2, 0) is 10.0 Å². The van der Waals surface area contributed by atoms with Crippen molar-refractivity contribution in [3.63, 3.8) is 0 Å². The Labute approximate surface area is 206 Å². The highest BCUT2D eigenvalue weighted by Gasteiger charge is 2.24. The van der Waals surface area contributed by atoms with Crippen LogP contribution in [0, 0.1) is 27.7 Å². The molecule has 0 spiro atoms. The van der Waals surface area contributed by atoms with Crippen molar-refractivity contribution in [1.29, 1.82) is 0 Å². The molecule has 0 fully saturated rings. The van der Waals surface area contributed by atoms with Crippen LogP contribution in [0.4, 0.5) is 5.69 Å². The van der Waals surface area contributed by atoms with Crippen LogP contribution in [0.3, 0.4) is 0 Å². The summed E-state index contributed by atoms with van der Waals surface area (Å²) in [6, 6.07) is 23.2. The molecule has 5 aromatic rings. The highest BCUT2D eigenvalue weighted by atomic mass is 32.2. The number of para-hydroxylation sites is 2. The molecule has 35 heavy (non-hydrogen) atoms. The van der Waals surface area contributed by atoms with Crippen molar-refractivity contribution in [3.8, 4) is 11.4 Å². The molecule has 4 aromatic carbocycles. The number of aromatic nitrogens is 1. The highest BCUT2D eigenvalue weighted by molar-refractivity contribution is 7.92. The van der Waals surface area contributed by atoms with Gasteiger partial charge in [-0.3, -0.25) is 4.72 Å². The Hall–Kier alpha value is -3.77. The van der Waals surface area contributed by atoms with Gasteiger partial charge in [-0.05, 0) is 63.1 Å². The van der Waals surface area contributed by atoms with Crippen molar-refractivity contribution < 1.29 is 13.2 Å². The summed E-state index contributed by atoms with van der Waals surface area (Å²) in [6.07, 6.45) is 0. The maximum absolute atomic E-state index is 13.5. The molecule has 6 heteroatoms. The van der Waals surface area contributed by atoms with Crippen LogP contribution in [0.25, 0.3) is 27.5 Å². The van der Waals surface area contributed by atoms with Crippen LogP contribution in [-0.4, -0.2) is 20.1 Å². The number of aryl methyl sites for hydroxylation is 3. The highest BCUT2D eigenvalue weighted by Crippen LogP contribution is 2.41. The number of hydrogen-bond donors (Lipinski definition) is 1. The van der Waals surface area contributed by atoms with E-state index in [4.69, 9.17) is 4.74 Å². The number of nitrogens with zero attached hydrogens (tertiary/aromatic N) is 1. The first kappa shape index (κ1) is 23.0. The number of anilines is 1. The molecule has 0 aliphatic heterocycles. The first-order valence-electron chi connectivity index (χ1n) is 11.5. The van der Waals surface area contributed by atoms with Crippen LogP contribution in [0.2, 0.25) is 0 Å². The molecule has 0 saturated heterocycles. The lowest BCUT2D eigenvalue weighted by Gasteiger charge is -2.22. The van der Waals surface area contributed by atoms with E-state index in [2.05, 4.69) is 46.5 Å². The third-order valence-corrected chi connectivity index (χ3v) is 7.95.